The van der Waals surface area contributed by atoms with E-state index < -0.39 is 0 Å². The highest BCUT2D eigenvalue weighted by atomic mass is 16.5. The molecule has 0 radical (unpaired) electrons. The van der Waals surface area contributed by atoms with Crippen molar-refractivity contribution in [2.75, 3.05) is 39.8 Å². The maximum absolute atomic E-state index is 5.83. The van der Waals surface area contributed by atoms with Gasteiger partial charge in [-0.15, -0.1) is 0 Å². The average Bonchev–Trinajstić information content (AvgIpc) is 2.83. The zero-order chi connectivity index (χ0) is 13.2. The number of morpholine rings is 1. The number of likely N-dealkylation sites (tertiary alicyclic amines) is 1. The van der Waals surface area contributed by atoms with E-state index in [1.807, 2.05) is 6.92 Å². The van der Waals surface area contributed by atoms with E-state index in [0.717, 1.165) is 57.3 Å². The fraction of sp³-hybridized carbons (Fsp3) is 0.846. The third kappa shape index (κ3) is 2.80. The summed E-state index contributed by atoms with van der Waals surface area (Å²) in [6.45, 7) is 6.75. The van der Waals surface area contributed by atoms with Crippen LogP contribution in [0.3, 0.4) is 0 Å². The molecular formula is C13H23N5O. The van der Waals surface area contributed by atoms with Gasteiger partial charge in [0.25, 0.3) is 0 Å². The Morgan fingerprint density at radius 1 is 1.32 bits per heavy atom. The van der Waals surface area contributed by atoms with E-state index in [4.69, 9.17) is 4.74 Å². The number of hydrogen-bond acceptors (Lipinski definition) is 5. The van der Waals surface area contributed by atoms with Gasteiger partial charge in [0.2, 0.25) is 0 Å². The van der Waals surface area contributed by atoms with Gasteiger partial charge in [0.1, 0.15) is 11.9 Å². The van der Waals surface area contributed by atoms with Crippen molar-refractivity contribution < 1.29 is 4.74 Å². The molecule has 1 N–H and O–H groups in total. The lowest BCUT2D eigenvalue weighted by molar-refractivity contribution is 0.0171. The fourth-order valence-corrected chi connectivity index (χ4v) is 2.91. The average molecular weight is 265 g/mol. The van der Waals surface area contributed by atoms with E-state index in [1.54, 1.807) is 0 Å². The Balaban J connectivity index is 1.80. The van der Waals surface area contributed by atoms with Crippen molar-refractivity contribution in [3.63, 3.8) is 0 Å². The molecule has 0 bridgehead atoms. The molecule has 106 valence electrons. The lowest BCUT2D eigenvalue weighted by Gasteiger charge is -2.31. The molecule has 2 fully saturated rings. The Labute approximate surface area is 114 Å². The molecule has 1 atom stereocenters. The molecule has 2 aliphatic rings. The normalized spacial score (nSPS) is 26.7. The van der Waals surface area contributed by atoms with Gasteiger partial charge in [-0.05, 0) is 39.9 Å². The summed E-state index contributed by atoms with van der Waals surface area (Å²) < 4.78 is 7.96. The molecule has 6 heteroatoms. The maximum atomic E-state index is 5.83. The molecular weight excluding hydrogens is 242 g/mol. The quantitative estimate of drug-likeness (QED) is 0.844. The summed E-state index contributed by atoms with van der Waals surface area (Å²) >= 11 is 0. The molecule has 0 spiro atoms. The minimum Gasteiger partial charge on any atom is -0.368 e. The second-order valence-corrected chi connectivity index (χ2v) is 5.56. The van der Waals surface area contributed by atoms with Crippen molar-refractivity contribution in [3.8, 4) is 0 Å². The predicted molar refractivity (Wildman–Crippen MR) is 72.1 cm³/mol. The molecule has 19 heavy (non-hydrogen) atoms. The highest BCUT2D eigenvalue weighted by Crippen LogP contribution is 2.26. The second-order valence-electron chi connectivity index (χ2n) is 5.56. The van der Waals surface area contributed by atoms with Crippen LogP contribution in [0.2, 0.25) is 0 Å². The Kier molecular flexibility index (Phi) is 3.81. The SMILES string of the molecule is Cc1nc(C2CNCCO2)n(C2CCN(C)CC2)n1. The van der Waals surface area contributed by atoms with Crippen LogP contribution < -0.4 is 5.32 Å². The van der Waals surface area contributed by atoms with Crippen LogP contribution in [0, 0.1) is 6.92 Å². The van der Waals surface area contributed by atoms with E-state index in [-0.39, 0.29) is 6.10 Å². The minimum atomic E-state index is 0.0506. The minimum absolute atomic E-state index is 0.0506. The Morgan fingerprint density at radius 3 is 2.79 bits per heavy atom. The molecule has 1 unspecified atom stereocenters. The summed E-state index contributed by atoms with van der Waals surface area (Å²) in [5, 5.41) is 7.98. The molecule has 0 aliphatic carbocycles. The van der Waals surface area contributed by atoms with Gasteiger partial charge in [0.15, 0.2) is 5.82 Å². The van der Waals surface area contributed by atoms with E-state index in [2.05, 4.69) is 32.0 Å². The topological polar surface area (TPSA) is 55.2 Å². The van der Waals surface area contributed by atoms with Crippen molar-refractivity contribution in [2.24, 2.45) is 0 Å². The maximum Gasteiger partial charge on any atom is 0.157 e. The fourth-order valence-electron chi connectivity index (χ4n) is 2.91. The number of aryl methyl sites for hydroxylation is 1. The summed E-state index contributed by atoms with van der Waals surface area (Å²) in [5.41, 5.74) is 0. The highest BCUT2D eigenvalue weighted by molar-refractivity contribution is 5.00. The van der Waals surface area contributed by atoms with Gasteiger partial charge < -0.3 is 15.0 Å². The van der Waals surface area contributed by atoms with Crippen molar-refractivity contribution in [1.29, 1.82) is 0 Å². The van der Waals surface area contributed by atoms with Gasteiger partial charge in [-0.2, -0.15) is 5.10 Å². The van der Waals surface area contributed by atoms with Gasteiger partial charge in [-0.1, -0.05) is 0 Å². The summed E-state index contributed by atoms with van der Waals surface area (Å²) in [7, 11) is 2.18. The van der Waals surface area contributed by atoms with Gasteiger partial charge in [-0.25, -0.2) is 9.67 Å². The number of ether oxygens (including phenoxy) is 1. The monoisotopic (exact) mass is 265 g/mol. The van der Waals surface area contributed by atoms with Crippen LogP contribution in [0.4, 0.5) is 0 Å². The number of nitrogens with zero attached hydrogens (tertiary/aromatic N) is 4. The molecule has 2 aliphatic heterocycles. The molecule has 3 rings (SSSR count). The molecule has 0 amide bonds. The number of nitrogens with one attached hydrogen (secondary N) is 1. The lowest BCUT2D eigenvalue weighted by Crippen LogP contribution is -2.37. The Hall–Kier alpha value is -0.980. The van der Waals surface area contributed by atoms with Crippen LogP contribution >= 0.6 is 0 Å². The number of hydrogen-bond donors (Lipinski definition) is 1. The van der Waals surface area contributed by atoms with E-state index in [1.165, 1.54) is 0 Å². The number of piperidine rings is 1. The third-order valence-corrected chi connectivity index (χ3v) is 4.01. The number of rotatable bonds is 2. The van der Waals surface area contributed by atoms with Crippen molar-refractivity contribution in [2.45, 2.75) is 31.9 Å². The lowest BCUT2D eigenvalue weighted by atomic mass is 10.1. The third-order valence-electron chi connectivity index (χ3n) is 4.01. The zero-order valence-electron chi connectivity index (χ0n) is 11.8. The van der Waals surface area contributed by atoms with Crippen molar-refractivity contribution in [3.05, 3.63) is 11.6 Å². The summed E-state index contributed by atoms with van der Waals surface area (Å²) in [5.74, 6) is 1.85. The van der Waals surface area contributed by atoms with Crippen LogP contribution in [0.5, 0.6) is 0 Å². The first-order chi connectivity index (χ1) is 9.24. The first kappa shape index (κ1) is 13.0. The molecule has 3 heterocycles. The van der Waals surface area contributed by atoms with Crippen LogP contribution in [0.25, 0.3) is 0 Å². The zero-order valence-corrected chi connectivity index (χ0v) is 11.8. The summed E-state index contributed by atoms with van der Waals surface area (Å²) in [6, 6.07) is 0.470. The molecule has 1 aromatic rings. The van der Waals surface area contributed by atoms with Crippen LogP contribution in [0.1, 0.15) is 36.6 Å². The van der Waals surface area contributed by atoms with Crippen molar-refractivity contribution >= 4 is 0 Å². The van der Waals surface area contributed by atoms with E-state index in [9.17, 15) is 0 Å². The predicted octanol–water partition coefficient (Wildman–Crippen LogP) is 0.514. The molecule has 0 aromatic carbocycles. The van der Waals surface area contributed by atoms with Crippen LogP contribution in [-0.4, -0.2) is 59.5 Å². The second kappa shape index (κ2) is 5.56. The van der Waals surface area contributed by atoms with E-state index in [0.29, 0.717) is 6.04 Å². The molecule has 0 saturated carbocycles. The largest absolute Gasteiger partial charge is 0.368 e. The molecule has 2 saturated heterocycles. The van der Waals surface area contributed by atoms with Crippen LogP contribution in [-0.2, 0) is 4.74 Å². The summed E-state index contributed by atoms with van der Waals surface area (Å²) in [6.07, 6.45) is 2.34. The first-order valence-electron chi connectivity index (χ1n) is 7.18. The van der Waals surface area contributed by atoms with Gasteiger partial charge in [-0.3, -0.25) is 0 Å². The first-order valence-corrected chi connectivity index (χ1v) is 7.18. The van der Waals surface area contributed by atoms with Crippen LogP contribution in [0.15, 0.2) is 0 Å². The molecule has 1 aromatic heterocycles. The van der Waals surface area contributed by atoms with E-state index >= 15 is 0 Å². The summed E-state index contributed by atoms with van der Waals surface area (Å²) in [4.78, 5) is 6.98. The van der Waals surface area contributed by atoms with Gasteiger partial charge in [0.05, 0.1) is 12.6 Å². The molecule has 6 nitrogen and oxygen atoms in total. The Bertz CT molecular complexity index is 419. The Morgan fingerprint density at radius 2 is 2.11 bits per heavy atom. The highest BCUT2D eigenvalue weighted by Gasteiger charge is 2.27. The van der Waals surface area contributed by atoms with Gasteiger partial charge >= 0.3 is 0 Å². The number of aromatic nitrogens is 3. The van der Waals surface area contributed by atoms with Crippen molar-refractivity contribution in [1.82, 2.24) is 25.0 Å². The van der Waals surface area contributed by atoms with Gasteiger partial charge in [0, 0.05) is 13.1 Å². The smallest absolute Gasteiger partial charge is 0.157 e. The standard InChI is InChI=1S/C13H23N5O/c1-10-15-13(12-9-14-5-8-19-12)18(16-10)11-3-6-17(2)7-4-11/h11-12,14H,3-9H2,1-2H3.